The molecule has 138 valence electrons. The Labute approximate surface area is 161 Å². The van der Waals surface area contributed by atoms with Crippen molar-refractivity contribution < 1.29 is 19.1 Å². The van der Waals surface area contributed by atoms with Crippen molar-refractivity contribution in [3.8, 4) is 5.75 Å². The van der Waals surface area contributed by atoms with Gasteiger partial charge in [-0.15, -0.1) is 0 Å². The molecule has 2 rings (SSSR count). The van der Waals surface area contributed by atoms with Crippen molar-refractivity contribution in [2.45, 2.75) is 26.7 Å². The third-order valence-electron chi connectivity index (χ3n) is 3.63. The molecule has 0 aromatic heterocycles. The molecule has 0 saturated heterocycles. The van der Waals surface area contributed by atoms with Gasteiger partial charge in [0.2, 0.25) is 0 Å². The molecule has 6 heteroatoms. The largest absolute Gasteiger partial charge is 0.482 e. The third kappa shape index (κ3) is 6.19. The van der Waals surface area contributed by atoms with Crippen molar-refractivity contribution in [3.63, 3.8) is 0 Å². The van der Waals surface area contributed by atoms with Gasteiger partial charge in [0, 0.05) is 10.2 Å². The molecule has 0 radical (unpaired) electrons. The molecular weight excluding hydrogens is 398 g/mol. The summed E-state index contributed by atoms with van der Waals surface area (Å²) in [6.07, 6.45) is 0. The topological polar surface area (TPSA) is 64.6 Å². The average Bonchev–Trinajstić information content (AvgIpc) is 2.60. The predicted molar refractivity (Wildman–Crippen MR) is 104 cm³/mol. The molecule has 26 heavy (non-hydrogen) atoms. The number of rotatable bonds is 7. The number of halogens is 1. The summed E-state index contributed by atoms with van der Waals surface area (Å²) in [5.41, 5.74) is 2.70. The summed E-state index contributed by atoms with van der Waals surface area (Å²) in [6.45, 7) is 5.48. The smallest absolute Gasteiger partial charge is 0.344 e. The fourth-order valence-electron chi connectivity index (χ4n) is 2.30. The monoisotopic (exact) mass is 419 g/mol. The van der Waals surface area contributed by atoms with E-state index in [-0.39, 0.29) is 19.1 Å². The fourth-order valence-corrected chi connectivity index (χ4v) is 2.56. The molecule has 2 aromatic rings. The highest BCUT2D eigenvalue weighted by Gasteiger charge is 2.12. The fraction of sp³-hybridized carbons (Fsp3) is 0.300. The van der Waals surface area contributed by atoms with Gasteiger partial charge >= 0.3 is 5.97 Å². The molecule has 0 aliphatic heterocycles. The SMILES string of the molecule is Cc1ccc(C(C)C)c(OCC(=O)OCC(=O)Nc2ccc(Br)cc2)c1. The molecule has 0 saturated carbocycles. The lowest BCUT2D eigenvalue weighted by atomic mass is 10.0. The Hall–Kier alpha value is -2.34. The van der Waals surface area contributed by atoms with Crippen LogP contribution in [0.3, 0.4) is 0 Å². The molecule has 1 amide bonds. The van der Waals surface area contributed by atoms with Crippen molar-refractivity contribution in [1.82, 2.24) is 0 Å². The zero-order valence-electron chi connectivity index (χ0n) is 15.0. The van der Waals surface area contributed by atoms with Crippen LogP contribution in [0.4, 0.5) is 5.69 Å². The number of carbonyl (C=O) groups excluding carboxylic acids is 2. The van der Waals surface area contributed by atoms with Gasteiger partial charge < -0.3 is 14.8 Å². The molecular formula is C20H22BrNO4. The molecule has 0 bridgehead atoms. The van der Waals surface area contributed by atoms with Gasteiger partial charge in [-0.25, -0.2) is 4.79 Å². The Morgan fingerprint density at radius 1 is 1.08 bits per heavy atom. The molecule has 1 N–H and O–H groups in total. The third-order valence-corrected chi connectivity index (χ3v) is 4.16. The van der Waals surface area contributed by atoms with Crippen LogP contribution in [0.2, 0.25) is 0 Å². The van der Waals surface area contributed by atoms with Gasteiger partial charge in [0.05, 0.1) is 0 Å². The minimum atomic E-state index is -0.591. The first-order chi connectivity index (χ1) is 12.3. The molecule has 0 fully saturated rings. The Kier molecular flexibility index (Phi) is 7.21. The summed E-state index contributed by atoms with van der Waals surface area (Å²) in [5, 5.41) is 2.65. The van der Waals surface area contributed by atoms with E-state index < -0.39 is 11.9 Å². The van der Waals surface area contributed by atoms with E-state index in [1.54, 1.807) is 12.1 Å². The highest BCUT2D eigenvalue weighted by atomic mass is 79.9. The minimum Gasteiger partial charge on any atom is -0.482 e. The van der Waals surface area contributed by atoms with Gasteiger partial charge in [0.15, 0.2) is 13.2 Å². The van der Waals surface area contributed by atoms with Crippen molar-refractivity contribution in [1.29, 1.82) is 0 Å². The lowest BCUT2D eigenvalue weighted by Gasteiger charge is -2.14. The summed E-state index contributed by atoms with van der Waals surface area (Å²) in [7, 11) is 0. The Bertz CT molecular complexity index is 772. The van der Waals surface area contributed by atoms with Crippen LogP contribution in [-0.4, -0.2) is 25.1 Å². The Balaban J connectivity index is 1.81. The first-order valence-electron chi connectivity index (χ1n) is 8.29. The number of ether oxygens (including phenoxy) is 2. The Morgan fingerprint density at radius 3 is 2.42 bits per heavy atom. The number of hydrogen-bond acceptors (Lipinski definition) is 4. The van der Waals surface area contributed by atoms with Crippen LogP contribution >= 0.6 is 15.9 Å². The molecule has 2 aromatic carbocycles. The predicted octanol–water partition coefficient (Wildman–Crippen LogP) is 4.44. The van der Waals surface area contributed by atoms with E-state index in [1.165, 1.54) is 0 Å². The maximum atomic E-state index is 11.9. The lowest BCUT2D eigenvalue weighted by molar-refractivity contribution is -0.149. The number of amides is 1. The second-order valence-electron chi connectivity index (χ2n) is 6.20. The molecule has 0 aliphatic carbocycles. The summed E-state index contributed by atoms with van der Waals surface area (Å²) in [5.74, 6) is -0.0548. The molecule has 0 spiro atoms. The number of nitrogens with one attached hydrogen (secondary N) is 1. The maximum Gasteiger partial charge on any atom is 0.344 e. The number of aryl methyl sites for hydroxylation is 1. The first kappa shape index (κ1) is 20.0. The van der Waals surface area contributed by atoms with Crippen molar-refractivity contribution in [2.75, 3.05) is 18.5 Å². The zero-order valence-corrected chi connectivity index (χ0v) is 16.6. The van der Waals surface area contributed by atoms with Crippen molar-refractivity contribution >= 4 is 33.5 Å². The number of anilines is 1. The molecule has 0 aliphatic rings. The molecule has 0 heterocycles. The van der Waals surface area contributed by atoms with E-state index >= 15 is 0 Å². The quantitative estimate of drug-likeness (QED) is 0.673. The van der Waals surface area contributed by atoms with Gasteiger partial charge in [-0.1, -0.05) is 41.9 Å². The first-order valence-corrected chi connectivity index (χ1v) is 9.09. The van der Waals surface area contributed by atoms with E-state index in [9.17, 15) is 9.59 Å². The van der Waals surface area contributed by atoms with Gasteiger partial charge in [-0.3, -0.25) is 4.79 Å². The van der Waals surface area contributed by atoms with Crippen LogP contribution in [0.25, 0.3) is 0 Å². The van der Waals surface area contributed by atoms with Crippen LogP contribution in [0.1, 0.15) is 30.9 Å². The maximum absolute atomic E-state index is 11.9. The highest BCUT2D eigenvalue weighted by molar-refractivity contribution is 9.10. The molecule has 5 nitrogen and oxygen atoms in total. The average molecular weight is 420 g/mol. The number of benzene rings is 2. The molecule has 0 atom stereocenters. The van der Waals surface area contributed by atoms with Crippen LogP contribution in [0.5, 0.6) is 5.75 Å². The van der Waals surface area contributed by atoms with Crippen LogP contribution in [0.15, 0.2) is 46.9 Å². The summed E-state index contributed by atoms with van der Waals surface area (Å²) in [6, 6.07) is 13.0. The summed E-state index contributed by atoms with van der Waals surface area (Å²) >= 11 is 3.32. The van der Waals surface area contributed by atoms with Gasteiger partial charge in [0.1, 0.15) is 5.75 Å². The van der Waals surface area contributed by atoms with E-state index in [2.05, 4.69) is 35.1 Å². The summed E-state index contributed by atoms with van der Waals surface area (Å²) < 4.78 is 11.5. The van der Waals surface area contributed by atoms with E-state index in [0.29, 0.717) is 11.4 Å². The van der Waals surface area contributed by atoms with Crippen LogP contribution in [-0.2, 0) is 14.3 Å². The number of carbonyl (C=O) groups is 2. The second-order valence-corrected chi connectivity index (χ2v) is 7.12. The van der Waals surface area contributed by atoms with Crippen LogP contribution < -0.4 is 10.1 Å². The molecule has 0 unspecified atom stereocenters. The van der Waals surface area contributed by atoms with Gasteiger partial charge in [0.25, 0.3) is 5.91 Å². The number of hydrogen-bond donors (Lipinski definition) is 1. The Morgan fingerprint density at radius 2 is 1.77 bits per heavy atom. The normalized spacial score (nSPS) is 10.5. The van der Waals surface area contributed by atoms with Crippen LogP contribution in [0, 0.1) is 6.92 Å². The van der Waals surface area contributed by atoms with E-state index in [0.717, 1.165) is 15.6 Å². The van der Waals surface area contributed by atoms with Gasteiger partial charge in [-0.2, -0.15) is 0 Å². The second kappa shape index (κ2) is 9.38. The van der Waals surface area contributed by atoms with Crippen molar-refractivity contribution in [2.24, 2.45) is 0 Å². The summed E-state index contributed by atoms with van der Waals surface area (Å²) in [4.78, 5) is 23.7. The lowest BCUT2D eigenvalue weighted by Crippen LogP contribution is -2.23. The van der Waals surface area contributed by atoms with Gasteiger partial charge in [-0.05, 0) is 54.3 Å². The van der Waals surface area contributed by atoms with E-state index in [4.69, 9.17) is 9.47 Å². The zero-order chi connectivity index (χ0) is 19.1. The van der Waals surface area contributed by atoms with E-state index in [1.807, 2.05) is 37.3 Å². The standard InChI is InChI=1S/C20H22BrNO4/c1-13(2)17-9-4-14(3)10-18(17)25-12-20(24)26-11-19(23)22-16-7-5-15(21)6-8-16/h4-10,13H,11-12H2,1-3H3,(H,22,23). The van der Waals surface area contributed by atoms with Crippen molar-refractivity contribution in [3.05, 3.63) is 58.1 Å². The minimum absolute atomic E-state index is 0.241. The number of esters is 1. The highest BCUT2D eigenvalue weighted by Crippen LogP contribution is 2.27.